The standard InChI is InChI=1S/C17H30N2O2/c1-6-9-19(13-17(2,3)12-18)11-14-7-8-15(20-4)16(10-14)21-5/h7-8,10H,6,9,11-13,18H2,1-5H3. The second kappa shape index (κ2) is 8.25. The van der Waals surface area contributed by atoms with E-state index in [1.54, 1.807) is 14.2 Å². The van der Waals surface area contributed by atoms with Gasteiger partial charge in [-0.3, -0.25) is 4.90 Å². The monoisotopic (exact) mass is 294 g/mol. The van der Waals surface area contributed by atoms with Gasteiger partial charge in [0, 0.05) is 13.1 Å². The van der Waals surface area contributed by atoms with Crippen molar-refractivity contribution in [1.82, 2.24) is 4.90 Å². The molecule has 0 heterocycles. The Labute approximate surface area is 129 Å². The normalized spacial score (nSPS) is 11.8. The van der Waals surface area contributed by atoms with Gasteiger partial charge in [0.05, 0.1) is 14.2 Å². The maximum absolute atomic E-state index is 5.86. The van der Waals surface area contributed by atoms with Crippen LogP contribution in [-0.4, -0.2) is 38.8 Å². The Kier molecular flexibility index (Phi) is 6.99. The average molecular weight is 294 g/mol. The first kappa shape index (κ1) is 17.8. The number of ether oxygens (including phenoxy) is 2. The van der Waals surface area contributed by atoms with E-state index in [9.17, 15) is 0 Å². The van der Waals surface area contributed by atoms with Crippen molar-refractivity contribution in [3.05, 3.63) is 23.8 Å². The molecule has 0 bridgehead atoms. The summed E-state index contributed by atoms with van der Waals surface area (Å²) in [7, 11) is 3.33. The molecule has 0 atom stereocenters. The van der Waals surface area contributed by atoms with Crippen LogP contribution in [0.4, 0.5) is 0 Å². The Morgan fingerprint density at radius 3 is 2.33 bits per heavy atom. The van der Waals surface area contributed by atoms with Crippen LogP contribution >= 0.6 is 0 Å². The summed E-state index contributed by atoms with van der Waals surface area (Å²) in [6.45, 7) is 10.3. The Bertz CT molecular complexity index is 433. The predicted molar refractivity (Wildman–Crippen MR) is 87.9 cm³/mol. The van der Waals surface area contributed by atoms with Gasteiger partial charge in [-0.25, -0.2) is 0 Å². The number of methoxy groups -OCH3 is 2. The topological polar surface area (TPSA) is 47.7 Å². The van der Waals surface area contributed by atoms with Gasteiger partial charge in [0.1, 0.15) is 0 Å². The van der Waals surface area contributed by atoms with Gasteiger partial charge in [-0.2, -0.15) is 0 Å². The van der Waals surface area contributed by atoms with Crippen molar-refractivity contribution >= 4 is 0 Å². The number of nitrogens with zero attached hydrogens (tertiary/aromatic N) is 1. The summed E-state index contributed by atoms with van der Waals surface area (Å²) < 4.78 is 10.7. The Morgan fingerprint density at radius 2 is 1.81 bits per heavy atom. The van der Waals surface area contributed by atoms with Crippen LogP contribution in [0, 0.1) is 5.41 Å². The highest BCUT2D eigenvalue weighted by molar-refractivity contribution is 5.42. The van der Waals surface area contributed by atoms with Crippen LogP contribution in [0.3, 0.4) is 0 Å². The summed E-state index contributed by atoms with van der Waals surface area (Å²) >= 11 is 0. The molecule has 1 rings (SSSR count). The second-order valence-electron chi connectivity index (χ2n) is 6.27. The lowest BCUT2D eigenvalue weighted by atomic mass is 9.93. The van der Waals surface area contributed by atoms with Crippen molar-refractivity contribution in [3.8, 4) is 11.5 Å². The van der Waals surface area contributed by atoms with Crippen molar-refractivity contribution in [3.63, 3.8) is 0 Å². The van der Waals surface area contributed by atoms with Gasteiger partial charge in [0.25, 0.3) is 0 Å². The van der Waals surface area contributed by atoms with E-state index in [-0.39, 0.29) is 5.41 Å². The molecule has 2 N–H and O–H groups in total. The summed E-state index contributed by atoms with van der Waals surface area (Å²) in [4.78, 5) is 2.45. The van der Waals surface area contributed by atoms with Gasteiger partial charge in [-0.15, -0.1) is 0 Å². The largest absolute Gasteiger partial charge is 0.493 e. The number of hydrogen-bond acceptors (Lipinski definition) is 4. The van der Waals surface area contributed by atoms with Crippen LogP contribution in [0.5, 0.6) is 11.5 Å². The van der Waals surface area contributed by atoms with Crippen molar-refractivity contribution in [2.75, 3.05) is 33.9 Å². The van der Waals surface area contributed by atoms with Gasteiger partial charge < -0.3 is 15.2 Å². The van der Waals surface area contributed by atoms with Gasteiger partial charge in [0.15, 0.2) is 11.5 Å². The quantitative estimate of drug-likeness (QED) is 0.761. The Balaban J connectivity index is 2.83. The van der Waals surface area contributed by atoms with Gasteiger partial charge >= 0.3 is 0 Å². The summed E-state index contributed by atoms with van der Waals surface area (Å²) in [6, 6.07) is 6.11. The van der Waals surface area contributed by atoms with E-state index >= 15 is 0 Å². The van der Waals surface area contributed by atoms with Crippen molar-refractivity contribution in [2.45, 2.75) is 33.7 Å². The van der Waals surface area contributed by atoms with Crippen LogP contribution in [-0.2, 0) is 6.54 Å². The summed E-state index contributed by atoms with van der Waals surface area (Å²) in [5.74, 6) is 1.55. The van der Waals surface area contributed by atoms with Gasteiger partial charge in [-0.05, 0) is 42.6 Å². The van der Waals surface area contributed by atoms with Crippen LogP contribution < -0.4 is 15.2 Å². The molecule has 0 radical (unpaired) electrons. The third-order valence-electron chi connectivity index (χ3n) is 3.60. The molecule has 4 nitrogen and oxygen atoms in total. The second-order valence-corrected chi connectivity index (χ2v) is 6.27. The molecule has 0 unspecified atom stereocenters. The van der Waals surface area contributed by atoms with Crippen LogP contribution in [0.25, 0.3) is 0 Å². The smallest absolute Gasteiger partial charge is 0.161 e. The molecule has 0 fully saturated rings. The average Bonchev–Trinajstić information content (AvgIpc) is 2.47. The first-order chi connectivity index (χ1) is 9.95. The highest BCUT2D eigenvalue weighted by Gasteiger charge is 2.20. The first-order valence-electron chi connectivity index (χ1n) is 7.59. The summed E-state index contributed by atoms with van der Waals surface area (Å²) in [6.07, 6.45) is 1.13. The Morgan fingerprint density at radius 1 is 1.14 bits per heavy atom. The lowest BCUT2D eigenvalue weighted by Crippen LogP contribution is -2.38. The molecule has 120 valence electrons. The van der Waals surface area contributed by atoms with E-state index in [4.69, 9.17) is 15.2 Å². The molecule has 0 saturated carbocycles. The third-order valence-corrected chi connectivity index (χ3v) is 3.60. The lowest BCUT2D eigenvalue weighted by Gasteiger charge is -2.31. The molecule has 0 aliphatic heterocycles. The maximum atomic E-state index is 5.86. The van der Waals surface area contributed by atoms with Crippen LogP contribution in [0.15, 0.2) is 18.2 Å². The summed E-state index contributed by atoms with van der Waals surface area (Å²) in [5, 5.41) is 0. The fourth-order valence-corrected chi connectivity index (χ4v) is 2.44. The maximum Gasteiger partial charge on any atom is 0.161 e. The Hall–Kier alpha value is -1.26. The highest BCUT2D eigenvalue weighted by atomic mass is 16.5. The van der Waals surface area contributed by atoms with E-state index in [1.807, 2.05) is 6.07 Å². The molecular formula is C17H30N2O2. The van der Waals surface area contributed by atoms with Crippen LogP contribution in [0.2, 0.25) is 0 Å². The van der Waals surface area contributed by atoms with E-state index in [0.29, 0.717) is 6.54 Å². The van der Waals surface area contributed by atoms with Crippen molar-refractivity contribution in [1.29, 1.82) is 0 Å². The number of rotatable bonds is 9. The molecule has 0 aliphatic carbocycles. The fraction of sp³-hybridized carbons (Fsp3) is 0.647. The lowest BCUT2D eigenvalue weighted by molar-refractivity contribution is 0.175. The van der Waals surface area contributed by atoms with Gasteiger partial charge in [0.2, 0.25) is 0 Å². The molecule has 1 aromatic rings. The predicted octanol–water partition coefficient (Wildman–Crippen LogP) is 2.90. The molecule has 4 heteroatoms. The molecule has 21 heavy (non-hydrogen) atoms. The molecule has 0 saturated heterocycles. The summed E-state index contributed by atoms with van der Waals surface area (Å²) in [5.41, 5.74) is 7.23. The molecule has 0 aromatic heterocycles. The van der Waals surface area contributed by atoms with E-state index in [2.05, 4.69) is 37.8 Å². The van der Waals surface area contributed by atoms with E-state index in [0.717, 1.165) is 37.6 Å². The van der Waals surface area contributed by atoms with Gasteiger partial charge in [-0.1, -0.05) is 26.8 Å². The van der Waals surface area contributed by atoms with E-state index in [1.165, 1.54) is 5.56 Å². The highest BCUT2D eigenvalue weighted by Crippen LogP contribution is 2.28. The minimum absolute atomic E-state index is 0.131. The molecule has 0 spiro atoms. The molecular weight excluding hydrogens is 264 g/mol. The van der Waals surface area contributed by atoms with E-state index < -0.39 is 0 Å². The SMILES string of the molecule is CCCN(Cc1ccc(OC)c(OC)c1)CC(C)(C)CN. The molecule has 1 aromatic carbocycles. The number of hydrogen-bond donors (Lipinski definition) is 1. The van der Waals surface area contributed by atoms with Crippen molar-refractivity contribution in [2.24, 2.45) is 11.1 Å². The van der Waals surface area contributed by atoms with Crippen LogP contribution in [0.1, 0.15) is 32.8 Å². The van der Waals surface area contributed by atoms with Crippen molar-refractivity contribution < 1.29 is 9.47 Å². The fourth-order valence-electron chi connectivity index (χ4n) is 2.44. The molecule has 0 aliphatic rings. The zero-order chi connectivity index (χ0) is 15.9. The number of nitrogens with two attached hydrogens (primary N) is 1. The minimum atomic E-state index is 0.131. The first-order valence-corrected chi connectivity index (χ1v) is 7.59. The minimum Gasteiger partial charge on any atom is -0.493 e. The number of benzene rings is 1. The zero-order valence-electron chi connectivity index (χ0n) is 14.1. The zero-order valence-corrected chi connectivity index (χ0v) is 14.1. The third kappa shape index (κ3) is 5.56. The molecule has 0 amide bonds.